The van der Waals surface area contributed by atoms with E-state index in [1.807, 2.05) is 18.2 Å². The molecule has 2 aromatic carbocycles. The van der Waals surface area contributed by atoms with E-state index in [4.69, 9.17) is 0 Å². The first-order chi connectivity index (χ1) is 14.5. The van der Waals surface area contributed by atoms with Gasteiger partial charge in [-0.1, -0.05) is 42.1 Å². The Hall–Kier alpha value is -2.29. The number of carbonyl (C=O) groups excluding carboxylic acids is 2. The molecular weight excluding hydrogens is 408 g/mol. The van der Waals surface area contributed by atoms with E-state index >= 15 is 0 Å². The van der Waals surface area contributed by atoms with Gasteiger partial charge in [-0.3, -0.25) is 19.4 Å². The molecule has 0 unspecified atom stereocenters. The van der Waals surface area contributed by atoms with Crippen LogP contribution in [0.3, 0.4) is 0 Å². The van der Waals surface area contributed by atoms with Gasteiger partial charge in [0.15, 0.2) is 0 Å². The third-order valence-electron chi connectivity index (χ3n) is 5.54. The highest BCUT2D eigenvalue weighted by Gasteiger charge is 2.43. The fourth-order valence-electron chi connectivity index (χ4n) is 4.02. The van der Waals surface area contributed by atoms with Gasteiger partial charge >= 0.3 is 0 Å². The van der Waals surface area contributed by atoms with Crippen molar-refractivity contribution in [3.05, 3.63) is 60.2 Å². The summed E-state index contributed by atoms with van der Waals surface area (Å²) >= 11 is 0.441. The van der Waals surface area contributed by atoms with Crippen LogP contribution in [0, 0.1) is 0 Å². The predicted octanol–water partition coefficient (Wildman–Crippen LogP) is 3.45. The molecule has 2 heterocycles. The van der Waals surface area contributed by atoms with Crippen molar-refractivity contribution < 1.29 is 18.4 Å². The summed E-state index contributed by atoms with van der Waals surface area (Å²) in [7, 11) is 0. The molecule has 1 atom stereocenters. The minimum atomic E-state index is -2.50. The number of benzene rings is 2. The Morgan fingerprint density at radius 3 is 2.23 bits per heavy atom. The van der Waals surface area contributed by atoms with Crippen molar-refractivity contribution in [2.24, 2.45) is 0 Å². The zero-order chi connectivity index (χ0) is 21.1. The number of thioether (sulfide) groups is 1. The molecule has 0 radical (unpaired) electrons. The van der Waals surface area contributed by atoms with E-state index in [0.29, 0.717) is 22.3 Å². The van der Waals surface area contributed by atoms with Crippen LogP contribution in [0.4, 0.5) is 14.5 Å². The van der Waals surface area contributed by atoms with E-state index in [9.17, 15) is 18.4 Å². The van der Waals surface area contributed by atoms with Crippen molar-refractivity contribution in [2.45, 2.75) is 29.7 Å². The molecule has 0 spiro atoms. The Kier molecular flexibility index (Phi) is 6.46. The summed E-state index contributed by atoms with van der Waals surface area (Å²) in [5.74, 6) is -2.98. The van der Waals surface area contributed by atoms with Crippen LogP contribution in [0.25, 0.3) is 0 Å². The van der Waals surface area contributed by atoms with Crippen molar-refractivity contribution in [3.63, 3.8) is 0 Å². The number of alkyl halides is 2. The highest BCUT2D eigenvalue weighted by molar-refractivity contribution is 7.99. The first-order valence-corrected chi connectivity index (χ1v) is 10.8. The smallest absolute Gasteiger partial charge is 0.288 e. The molecule has 5 nitrogen and oxygen atoms in total. The van der Waals surface area contributed by atoms with Gasteiger partial charge in [-0.05, 0) is 29.8 Å². The Morgan fingerprint density at radius 2 is 1.60 bits per heavy atom. The topological polar surface area (TPSA) is 43.9 Å². The average molecular weight is 432 g/mol. The molecule has 0 aromatic heterocycles. The van der Waals surface area contributed by atoms with Gasteiger partial charge in [0.1, 0.15) is 0 Å². The largest absolute Gasteiger partial charge is 0.297 e. The molecule has 2 aliphatic rings. The normalized spacial score (nSPS) is 21.0. The first-order valence-electron chi connectivity index (χ1n) is 9.93. The summed E-state index contributed by atoms with van der Waals surface area (Å²) in [6.07, 6.45) is 0.158. The number of hydrogen-bond acceptors (Lipinski definition) is 5. The maximum atomic E-state index is 13.0. The molecule has 0 aliphatic carbocycles. The van der Waals surface area contributed by atoms with Crippen molar-refractivity contribution in [2.75, 3.05) is 31.1 Å². The van der Waals surface area contributed by atoms with Crippen LogP contribution in [-0.4, -0.2) is 59.6 Å². The number of piperazine rings is 1. The number of amides is 2. The summed E-state index contributed by atoms with van der Waals surface area (Å²) < 4.78 is 25.0. The number of imide groups is 1. The molecule has 0 N–H and O–H groups in total. The van der Waals surface area contributed by atoms with Crippen LogP contribution in [-0.2, 0) is 16.1 Å². The van der Waals surface area contributed by atoms with Crippen molar-refractivity contribution in [1.82, 2.24) is 9.80 Å². The molecule has 2 amide bonds. The van der Waals surface area contributed by atoms with E-state index in [2.05, 4.69) is 21.9 Å². The number of anilines is 1. The summed E-state index contributed by atoms with van der Waals surface area (Å²) in [5, 5.41) is 0. The van der Waals surface area contributed by atoms with Gasteiger partial charge in [-0.25, -0.2) is 4.90 Å². The second kappa shape index (κ2) is 9.24. The van der Waals surface area contributed by atoms with Crippen molar-refractivity contribution in [1.29, 1.82) is 0 Å². The minimum Gasteiger partial charge on any atom is -0.297 e. The van der Waals surface area contributed by atoms with Gasteiger partial charge < -0.3 is 0 Å². The highest BCUT2D eigenvalue weighted by Crippen LogP contribution is 2.30. The molecule has 30 heavy (non-hydrogen) atoms. The Bertz CT molecular complexity index is 887. The Labute approximate surface area is 178 Å². The number of nitrogens with zero attached hydrogens (tertiary/aromatic N) is 3. The molecule has 4 rings (SSSR count). The standard InChI is InChI=1S/C22H23F2N3O2S/c23-22(24)30-18-8-6-17(7-9-18)27-20(28)14-19(21(27)29)26-12-10-25(11-13-26)15-16-4-2-1-3-5-16/h1-9,19,22H,10-15H2/t19-/m1/s1. The summed E-state index contributed by atoms with van der Waals surface area (Å²) in [4.78, 5) is 31.6. The molecule has 158 valence electrons. The second-order valence-electron chi connectivity index (χ2n) is 7.46. The molecule has 2 fully saturated rings. The number of hydrogen-bond donors (Lipinski definition) is 0. The molecular formula is C22H23F2N3O2S. The third-order valence-corrected chi connectivity index (χ3v) is 6.26. The van der Waals surface area contributed by atoms with Gasteiger partial charge in [-0.2, -0.15) is 8.78 Å². The van der Waals surface area contributed by atoms with E-state index in [1.54, 1.807) is 12.1 Å². The van der Waals surface area contributed by atoms with Crippen LogP contribution < -0.4 is 4.90 Å². The van der Waals surface area contributed by atoms with Gasteiger partial charge in [0.05, 0.1) is 18.2 Å². The second-order valence-corrected chi connectivity index (χ2v) is 8.52. The van der Waals surface area contributed by atoms with Crippen molar-refractivity contribution >= 4 is 29.3 Å². The quantitative estimate of drug-likeness (QED) is 0.518. The number of halogens is 2. The van der Waals surface area contributed by atoms with Gasteiger partial charge in [-0.15, -0.1) is 0 Å². The minimum absolute atomic E-state index is 0.158. The molecule has 2 aromatic rings. The monoisotopic (exact) mass is 431 g/mol. The number of carbonyl (C=O) groups is 2. The van der Waals surface area contributed by atoms with Crippen LogP contribution in [0.15, 0.2) is 59.5 Å². The lowest BCUT2D eigenvalue weighted by molar-refractivity contribution is -0.123. The van der Waals surface area contributed by atoms with Crippen LogP contribution >= 0.6 is 11.8 Å². The van der Waals surface area contributed by atoms with Crippen LogP contribution in [0.5, 0.6) is 0 Å². The summed E-state index contributed by atoms with van der Waals surface area (Å²) in [6.45, 7) is 4.02. The van der Waals surface area contributed by atoms with Crippen LogP contribution in [0.2, 0.25) is 0 Å². The highest BCUT2D eigenvalue weighted by atomic mass is 32.2. The molecule has 8 heteroatoms. The zero-order valence-corrected chi connectivity index (χ0v) is 17.2. The fraction of sp³-hybridized carbons (Fsp3) is 0.364. The zero-order valence-electron chi connectivity index (χ0n) is 16.4. The lowest BCUT2D eigenvalue weighted by atomic mass is 10.1. The molecule has 0 bridgehead atoms. The number of rotatable bonds is 6. The first kappa shape index (κ1) is 21.0. The average Bonchev–Trinajstić information content (AvgIpc) is 3.04. The predicted molar refractivity (Wildman–Crippen MR) is 112 cm³/mol. The van der Waals surface area contributed by atoms with Crippen molar-refractivity contribution in [3.8, 4) is 0 Å². The van der Waals surface area contributed by atoms with E-state index in [0.717, 1.165) is 32.7 Å². The van der Waals surface area contributed by atoms with Crippen LogP contribution in [0.1, 0.15) is 12.0 Å². The summed E-state index contributed by atoms with van der Waals surface area (Å²) in [5.41, 5.74) is 1.70. The van der Waals surface area contributed by atoms with E-state index in [1.165, 1.54) is 22.6 Å². The van der Waals surface area contributed by atoms with E-state index < -0.39 is 11.8 Å². The summed E-state index contributed by atoms with van der Waals surface area (Å²) in [6, 6.07) is 16.0. The molecule has 2 saturated heterocycles. The van der Waals surface area contributed by atoms with Gasteiger partial charge in [0, 0.05) is 37.6 Å². The molecule has 0 saturated carbocycles. The lowest BCUT2D eigenvalue weighted by Crippen LogP contribution is -2.52. The fourth-order valence-corrected chi connectivity index (χ4v) is 4.52. The Morgan fingerprint density at radius 1 is 0.933 bits per heavy atom. The SMILES string of the molecule is O=C1C[C@@H](N2CCN(Cc3ccccc3)CC2)C(=O)N1c1ccc(SC(F)F)cc1. The third kappa shape index (κ3) is 4.71. The Balaban J connectivity index is 1.36. The van der Waals surface area contributed by atoms with E-state index in [-0.39, 0.29) is 18.2 Å². The van der Waals surface area contributed by atoms with Gasteiger partial charge in [0.25, 0.3) is 11.7 Å². The maximum absolute atomic E-state index is 13.0. The van der Waals surface area contributed by atoms with Gasteiger partial charge in [0.2, 0.25) is 5.91 Å². The lowest BCUT2D eigenvalue weighted by Gasteiger charge is -2.37. The molecule has 2 aliphatic heterocycles. The maximum Gasteiger partial charge on any atom is 0.288 e.